The standard InChI is InChI=1S/C14H25NOSi/c1-4-16-17(5-2,6-3)12-11-13-7-9-14(15)10-8-13/h7-10H,4-6,11-12,15H2,1-3H3. The van der Waals surface area contributed by atoms with Crippen LogP contribution in [-0.4, -0.2) is 14.9 Å². The minimum absolute atomic E-state index is 0.841. The number of nitrogens with two attached hydrogens (primary N) is 1. The molecule has 0 bridgehead atoms. The molecule has 0 saturated heterocycles. The minimum Gasteiger partial charge on any atom is -0.417 e. The van der Waals surface area contributed by atoms with Crippen LogP contribution in [-0.2, 0) is 10.8 Å². The molecule has 1 aromatic carbocycles. The van der Waals surface area contributed by atoms with E-state index in [1.807, 2.05) is 12.1 Å². The monoisotopic (exact) mass is 251 g/mol. The van der Waals surface area contributed by atoms with Crippen molar-refractivity contribution in [2.75, 3.05) is 12.3 Å². The second-order valence-electron chi connectivity index (χ2n) is 4.56. The molecule has 0 heterocycles. The van der Waals surface area contributed by atoms with Gasteiger partial charge in [0, 0.05) is 12.3 Å². The second kappa shape index (κ2) is 6.82. The molecule has 0 aliphatic carbocycles. The predicted octanol–water partition coefficient (Wildman–Crippen LogP) is 3.83. The molecule has 1 rings (SSSR count). The lowest BCUT2D eigenvalue weighted by molar-refractivity contribution is 0.319. The maximum absolute atomic E-state index is 6.09. The van der Waals surface area contributed by atoms with Gasteiger partial charge in [-0.1, -0.05) is 26.0 Å². The Morgan fingerprint density at radius 2 is 1.65 bits per heavy atom. The van der Waals surface area contributed by atoms with Crippen molar-refractivity contribution in [1.29, 1.82) is 0 Å². The van der Waals surface area contributed by atoms with E-state index in [2.05, 4.69) is 32.9 Å². The van der Waals surface area contributed by atoms with Crippen LogP contribution in [0.2, 0.25) is 18.1 Å². The van der Waals surface area contributed by atoms with Crippen molar-refractivity contribution in [3.63, 3.8) is 0 Å². The van der Waals surface area contributed by atoms with E-state index in [9.17, 15) is 0 Å². The number of anilines is 1. The molecule has 0 aliphatic heterocycles. The van der Waals surface area contributed by atoms with Crippen LogP contribution in [0.5, 0.6) is 0 Å². The van der Waals surface area contributed by atoms with Crippen LogP contribution in [0.1, 0.15) is 26.3 Å². The van der Waals surface area contributed by atoms with Gasteiger partial charge in [0.1, 0.15) is 0 Å². The molecule has 3 heteroatoms. The van der Waals surface area contributed by atoms with Crippen LogP contribution in [0.15, 0.2) is 24.3 Å². The fourth-order valence-corrected chi connectivity index (χ4v) is 5.36. The molecule has 96 valence electrons. The molecule has 1 aromatic rings. The Balaban J connectivity index is 2.60. The third-order valence-electron chi connectivity index (χ3n) is 3.59. The first kappa shape index (κ1) is 14.3. The highest BCUT2D eigenvalue weighted by Crippen LogP contribution is 2.24. The number of benzene rings is 1. The quantitative estimate of drug-likeness (QED) is 0.590. The van der Waals surface area contributed by atoms with Gasteiger partial charge in [0.25, 0.3) is 0 Å². The van der Waals surface area contributed by atoms with Gasteiger partial charge in [-0.2, -0.15) is 0 Å². The first-order valence-corrected chi connectivity index (χ1v) is 9.17. The maximum Gasteiger partial charge on any atom is 0.192 e. The molecule has 0 unspecified atom stereocenters. The molecule has 0 amide bonds. The second-order valence-corrected chi connectivity index (χ2v) is 9.13. The molecule has 2 N–H and O–H groups in total. The third kappa shape index (κ3) is 4.17. The highest BCUT2D eigenvalue weighted by atomic mass is 28.4. The molecule has 2 nitrogen and oxygen atoms in total. The summed E-state index contributed by atoms with van der Waals surface area (Å²) >= 11 is 0. The summed E-state index contributed by atoms with van der Waals surface area (Å²) in [7, 11) is -1.47. The topological polar surface area (TPSA) is 35.2 Å². The van der Waals surface area contributed by atoms with Crippen LogP contribution >= 0.6 is 0 Å². The smallest absolute Gasteiger partial charge is 0.192 e. The number of nitrogen functional groups attached to an aromatic ring is 1. The van der Waals surface area contributed by atoms with Gasteiger partial charge < -0.3 is 10.2 Å². The van der Waals surface area contributed by atoms with Gasteiger partial charge in [0.2, 0.25) is 0 Å². The molecular formula is C14H25NOSi. The van der Waals surface area contributed by atoms with Crippen molar-refractivity contribution >= 4 is 14.0 Å². The molecule has 17 heavy (non-hydrogen) atoms. The van der Waals surface area contributed by atoms with E-state index in [1.165, 1.54) is 23.7 Å². The van der Waals surface area contributed by atoms with Crippen molar-refractivity contribution in [2.24, 2.45) is 0 Å². The average Bonchev–Trinajstić information content (AvgIpc) is 2.36. The van der Waals surface area contributed by atoms with Crippen molar-refractivity contribution in [2.45, 2.75) is 45.3 Å². The van der Waals surface area contributed by atoms with Crippen LogP contribution in [0.25, 0.3) is 0 Å². The molecule has 0 aliphatic rings. The Bertz CT molecular complexity index is 319. The molecular weight excluding hydrogens is 226 g/mol. The summed E-state index contributed by atoms with van der Waals surface area (Å²) < 4.78 is 6.09. The number of hydrogen-bond acceptors (Lipinski definition) is 2. The lowest BCUT2D eigenvalue weighted by atomic mass is 10.1. The number of hydrogen-bond donors (Lipinski definition) is 1. The Morgan fingerprint density at radius 1 is 1.06 bits per heavy atom. The van der Waals surface area contributed by atoms with Gasteiger partial charge in [-0.15, -0.1) is 0 Å². The Kier molecular flexibility index (Phi) is 5.72. The van der Waals surface area contributed by atoms with E-state index >= 15 is 0 Å². The van der Waals surface area contributed by atoms with Gasteiger partial charge >= 0.3 is 0 Å². The molecule has 0 aromatic heterocycles. The molecule has 0 radical (unpaired) electrons. The van der Waals surface area contributed by atoms with Gasteiger partial charge in [-0.3, -0.25) is 0 Å². The van der Waals surface area contributed by atoms with Crippen molar-refractivity contribution in [3.8, 4) is 0 Å². The van der Waals surface area contributed by atoms with Crippen molar-refractivity contribution in [3.05, 3.63) is 29.8 Å². The first-order chi connectivity index (χ1) is 8.15. The summed E-state index contributed by atoms with van der Waals surface area (Å²) in [4.78, 5) is 0. The number of rotatable bonds is 7. The van der Waals surface area contributed by atoms with Crippen LogP contribution in [0, 0.1) is 0 Å². The maximum atomic E-state index is 6.09. The lowest BCUT2D eigenvalue weighted by Crippen LogP contribution is -2.37. The fraction of sp³-hybridized carbons (Fsp3) is 0.571. The zero-order valence-corrected chi connectivity index (χ0v) is 12.3. The summed E-state index contributed by atoms with van der Waals surface area (Å²) in [5, 5.41) is 0. The summed E-state index contributed by atoms with van der Waals surface area (Å²) in [6, 6.07) is 11.9. The van der Waals surface area contributed by atoms with Gasteiger partial charge in [-0.05, 0) is 49.2 Å². The van der Waals surface area contributed by atoms with E-state index < -0.39 is 8.32 Å². The van der Waals surface area contributed by atoms with Crippen LogP contribution in [0.4, 0.5) is 5.69 Å². The molecule has 0 spiro atoms. The van der Waals surface area contributed by atoms with Crippen molar-refractivity contribution < 1.29 is 4.43 Å². The van der Waals surface area contributed by atoms with Gasteiger partial charge in [-0.25, -0.2) is 0 Å². The van der Waals surface area contributed by atoms with Gasteiger partial charge in [0.05, 0.1) is 0 Å². The van der Waals surface area contributed by atoms with Crippen LogP contribution in [0.3, 0.4) is 0 Å². The predicted molar refractivity (Wildman–Crippen MR) is 77.7 cm³/mol. The largest absolute Gasteiger partial charge is 0.417 e. The summed E-state index contributed by atoms with van der Waals surface area (Å²) in [6.45, 7) is 7.51. The summed E-state index contributed by atoms with van der Waals surface area (Å²) in [5.74, 6) is 0. The van der Waals surface area contributed by atoms with Crippen molar-refractivity contribution in [1.82, 2.24) is 0 Å². The highest BCUT2D eigenvalue weighted by molar-refractivity contribution is 6.73. The Morgan fingerprint density at radius 3 is 2.12 bits per heavy atom. The Labute approximate surface area is 106 Å². The minimum atomic E-state index is -1.47. The van der Waals surface area contributed by atoms with Gasteiger partial charge in [0.15, 0.2) is 8.32 Å². The zero-order chi connectivity index (χ0) is 12.7. The summed E-state index contributed by atoms with van der Waals surface area (Å²) in [6.07, 6.45) is 1.12. The normalized spacial score (nSPS) is 11.7. The zero-order valence-electron chi connectivity index (χ0n) is 11.3. The SMILES string of the molecule is CCO[Si](CC)(CC)CCc1ccc(N)cc1. The molecule has 0 atom stereocenters. The molecule has 0 saturated carbocycles. The van der Waals surface area contributed by atoms with E-state index in [0.29, 0.717) is 0 Å². The van der Waals surface area contributed by atoms with E-state index in [-0.39, 0.29) is 0 Å². The lowest BCUT2D eigenvalue weighted by Gasteiger charge is -2.28. The Hall–Kier alpha value is -0.803. The van der Waals surface area contributed by atoms with Crippen LogP contribution < -0.4 is 5.73 Å². The van der Waals surface area contributed by atoms with E-state index in [1.54, 1.807) is 0 Å². The third-order valence-corrected chi connectivity index (χ3v) is 8.23. The van der Waals surface area contributed by atoms with E-state index in [0.717, 1.165) is 18.7 Å². The highest BCUT2D eigenvalue weighted by Gasteiger charge is 2.29. The number of aryl methyl sites for hydroxylation is 1. The average molecular weight is 251 g/mol. The van der Waals surface area contributed by atoms with E-state index in [4.69, 9.17) is 10.2 Å². The summed E-state index contributed by atoms with van der Waals surface area (Å²) in [5.41, 5.74) is 7.91. The first-order valence-electron chi connectivity index (χ1n) is 6.64. The molecule has 0 fully saturated rings. The fourth-order valence-electron chi connectivity index (χ4n) is 2.24.